The number of carbonyl (C=O) groups excluding carboxylic acids is 1. The molecule has 2 rings (SSSR count). The molecule has 4 nitrogen and oxygen atoms in total. The summed E-state index contributed by atoms with van der Waals surface area (Å²) in [4.78, 5) is 19.9. The van der Waals surface area contributed by atoms with E-state index in [1.807, 2.05) is 6.08 Å². The van der Waals surface area contributed by atoms with Crippen molar-refractivity contribution in [1.29, 1.82) is 0 Å². The summed E-state index contributed by atoms with van der Waals surface area (Å²) in [6, 6.07) is 0.318. The van der Waals surface area contributed by atoms with E-state index in [9.17, 15) is 4.79 Å². The van der Waals surface area contributed by atoms with Gasteiger partial charge in [-0.25, -0.2) is 0 Å². The SMILES string of the molecule is C=CC[C@H]1N(C(=O)CCN2CCN(CC)CC2)CCCC1(C)C. The second-order valence-corrected chi connectivity index (χ2v) is 7.75. The van der Waals surface area contributed by atoms with Crippen LogP contribution in [0, 0.1) is 5.41 Å². The molecular formula is C19H35N3O. The van der Waals surface area contributed by atoms with E-state index in [-0.39, 0.29) is 5.41 Å². The molecule has 1 atom stereocenters. The molecule has 1 amide bonds. The average Bonchev–Trinajstić information content (AvgIpc) is 2.55. The number of piperazine rings is 1. The Morgan fingerprint density at radius 2 is 1.83 bits per heavy atom. The number of hydrogen-bond acceptors (Lipinski definition) is 3. The van der Waals surface area contributed by atoms with Crippen molar-refractivity contribution in [2.45, 2.75) is 52.5 Å². The molecule has 0 bridgehead atoms. The fourth-order valence-corrected chi connectivity index (χ4v) is 4.08. The summed E-state index contributed by atoms with van der Waals surface area (Å²) < 4.78 is 0. The first-order chi connectivity index (χ1) is 11.0. The topological polar surface area (TPSA) is 26.8 Å². The normalized spacial score (nSPS) is 26.2. The first-order valence-electron chi connectivity index (χ1n) is 9.33. The number of hydrogen-bond donors (Lipinski definition) is 0. The third-order valence-electron chi connectivity index (χ3n) is 5.76. The van der Waals surface area contributed by atoms with Gasteiger partial charge in [0.1, 0.15) is 0 Å². The molecule has 0 radical (unpaired) electrons. The van der Waals surface area contributed by atoms with Crippen LogP contribution in [-0.2, 0) is 4.79 Å². The molecule has 2 fully saturated rings. The van der Waals surface area contributed by atoms with Crippen LogP contribution >= 0.6 is 0 Å². The van der Waals surface area contributed by atoms with Crippen molar-refractivity contribution in [3.05, 3.63) is 12.7 Å². The lowest BCUT2D eigenvalue weighted by atomic mass is 9.75. The van der Waals surface area contributed by atoms with Gasteiger partial charge in [0.2, 0.25) is 5.91 Å². The summed E-state index contributed by atoms with van der Waals surface area (Å²) in [5.74, 6) is 0.336. The first-order valence-corrected chi connectivity index (χ1v) is 9.33. The quantitative estimate of drug-likeness (QED) is 0.704. The summed E-state index contributed by atoms with van der Waals surface area (Å²) in [5, 5.41) is 0. The lowest BCUT2D eigenvalue weighted by molar-refractivity contribution is -0.139. The Balaban J connectivity index is 1.85. The Hall–Kier alpha value is -0.870. The minimum atomic E-state index is 0.203. The fraction of sp³-hybridized carbons (Fsp3) is 0.842. The van der Waals surface area contributed by atoms with Crippen LogP contribution in [0.15, 0.2) is 12.7 Å². The van der Waals surface area contributed by atoms with E-state index in [0.29, 0.717) is 18.4 Å². The molecular weight excluding hydrogens is 286 g/mol. The molecule has 0 aromatic rings. The van der Waals surface area contributed by atoms with Gasteiger partial charge in [-0.3, -0.25) is 4.79 Å². The van der Waals surface area contributed by atoms with E-state index >= 15 is 0 Å². The van der Waals surface area contributed by atoms with Crippen LogP contribution in [0.3, 0.4) is 0 Å². The standard InChI is InChI=1S/C19H35N3O/c1-5-8-17-19(3,4)10-7-11-22(17)18(23)9-12-21-15-13-20(6-2)14-16-21/h5,17H,1,6-16H2,2-4H3/t17-/m1/s1. The summed E-state index contributed by atoms with van der Waals surface area (Å²) in [6.07, 6.45) is 5.88. The van der Waals surface area contributed by atoms with Crippen LogP contribution in [0.4, 0.5) is 0 Å². The number of carbonyl (C=O) groups is 1. The Bertz CT molecular complexity index is 399. The van der Waals surface area contributed by atoms with Gasteiger partial charge < -0.3 is 14.7 Å². The van der Waals surface area contributed by atoms with Crippen molar-refractivity contribution in [3.63, 3.8) is 0 Å². The van der Waals surface area contributed by atoms with Crippen molar-refractivity contribution in [2.75, 3.05) is 45.8 Å². The summed E-state index contributed by atoms with van der Waals surface area (Å²) in [5.41, 5.74) is 0.203. The second-order valence-electron chi connectivity index (χ2n) is 7.75. The van der Waals surface area contributed by atoms with E-state index in [0.717, 1.165) is 58.7 Å². The van der Waals surface area contributed by atoms with Crippen molar-refractivity contribution < 1.29 is 4.79 Å². The van der Waals surface area contributed by atoms with Crippen LogP contribution < -0.4 is 0 Å². The molecule has 0 spiro atoms. The highest BCUT2D eigenvalue weighted by molar-refractivity contribution is 5.77. The van der Waals surface area contributed by atoms with Crippen LogP contribution in [-0.4, -0.2) is 72.5 Å². The van der Waals surface area contributed by atoms with Crippen LogP contribution in [0.5, 0.6) is 0 Å². The molecule has 0 saturated carbocycles. The Morgan fingerprint density at radius 1 is 1.17 bits per heavy atom. The highest BCUT2D eigenvalue weighted by Crippen LogP contribution is 2.37. The van der Waals surface area contributed by atoms with Crippen molar-refractivity contribution in [2.24, 2.45) is 5.41 Å². The first kappa shape index (κ1) is 18.5. The van der Waals surface area contributed by atoms with E-state index in [1.54, 1.807) is 0 Å². The van der Waals surface area contributed by atoms with Crippen molar-refractivity contribution >= 4 is 5.91 Å². The molecule has 0 aromatic heterocycles. The zero-order valence-electron chi connectivity index (χ0n) is 15.4. The third-order valence-corrected chi connectivity index (χ3v) is 5.76. The smallest absolute Gasteiger partial charge is 0.224 e. The zero-order chi connectivity index (χ0) is 16.9. The van der Waals surface area contributed by atoms with Gasteiger partial charge in [-0.05, 0) is 31.2 Å². The molecule has 0 aliphatic carbocycles. The highest BCUT2D eigenvalue weighted by Gasteiger charge is 2.38. The lowest BCUT2D eigenvalue weighted by Gasteiger charge is -2.46. The van der Waals surface area contributed by atoms with Gasteiger partial charge in [-0.2, -0.15) is 0 Å². The number of rotatable bonds is 6. The van der Waals surface area contributed by atoms with Gasteiger partial charge in [-0.1, -0.05) is 26.8 Å². The fourth-order valence-electron chi connectivity index (χ4n) is 4.08. The largest absolute Gasteiger partial charge is 0.339 e. The van der Waals surface area contributed by atoms with Crippen molar-refractivity contribution in [3.8, 4) is 0 Å². The molecule has 0 N–H and O–H groups in total. The van der Waals surface area contributed by atoms with Crippen LogP contribution in [0.25, 0.3) is 0 Å². The van der Waals surface area contributed by atoms with Gasteiger partial charge in [0, 0.05) is 51.7 Å². The molecule has 2 heterocycles. The predicted molar refractivity (Wildman–Crippen MR) is 96.5 cm³/mol. The maximum absolute atomic E-state index is 12.8. The average molecular weight is 322 g/mol. The molecule has 2 saturated heterocycles. The van der Waals surface area contributed by atoms with E-state index in [4.69, 9.17) is 0 Å². The maximum atomic E-state index is 12.8. The molecule has 2 aliphatic heterocycles. The molecule has 4 heteroatoms. The van der Waals surface area contributed by atoms with E-state index < -0.39 is 0 Å². The van der Waals surface area contributed by atoms with Gasteiger partial charge in [0.05, 0.1) is 0 Å². The van der Waals surface area contributed by atoms with Crippen molar-refractivity contribution in [1.82, 2.24) is 14.7 Å². The Morgan fingerprint density at radius 3 is 2.43 bits per heavy atom. The molecule has 2 aliphatic rings. The number of likely N-dealkylation sites (tertiary alicyclic amines) is 1. The Kier molecular flexibility index (Phi) is 6.66. The van der Waals surface area contributed by atoms with E-state index in [1.165, 1.54) is 6.42 Å². The summed E-state index contributed by atoms with van der Waals surface area (Å²) in [7, 11) is 0. The molecule has 132 valence electrons. The third kappa shape index (κ3) is 4.80. The zero-order valence-corrected chi connectivity index (χ0v) is 15.4. The molecule has 0 unspecified atom stereocenters. The minimum Gasteiger partial charge on any atom is -0.339 e. The van der Waals surface area contributed by atoms with Gasteiger partial charge in [0.25, 0.3) is 0 Å². The van der Waals surface area contributed by atoms with Gasteiger partial charge in [-0.15, -0.1) is 6.58 Å². The number of nitrogens with zero attached hydrogens (tertiary/aromatic N) is 3. The number of likely N-dealkylation sites (N-methyl/N-ethyl adjacent to an activating group) is 1. The number of amides is 1. The van der Waals surface area contributed by atoms with Gasteiger partial charge >= 0.3 is 0 Å². The van der Waals surface area contributed by atoms with Crippen LogP contribution in [0.2, 0.25) is 0 Å². The van der Waals surface area contributed by atoms with E-state index in [2.05, 4.69) is 42.0 Å². The highest BCUT2D eigenvalue weighted by atomic mass is 16.2. The van der Waals surface area contributed by atoms with Crippen LogP contribution in [0.1, 0.15) is 46.5 Å². The summed E-state index contributed by atoms with van der Waals surface area (Å²) in [6.45, 7) is 18.2. The molecule has 0 aromatic carbocycles. The molecule has 23 heavy (non-hydrogen) atoms. The Labute approximate surface area is 142 Å². The monoisotopic (exact) mass is 321 g/mol. The van der Waals surface area contributed by atoms with Gasteiger partial charge in [0.15, 0.2) is 0 Å². The predicted octanol–water partition coefficient (Wildman–Crippen LogP) is 2.61. The maximum Gasteiger partial charge on any atom is 0.224 e. The minimum absolute atomic E-state index is 0.203. The summed E-state index contributed by atoms with van der Waals surface area (Å²) >= 11 is 0. The second kappa shape index (κ2) is 8.29. The number of piperidine rings is 1. The lowest BCUT2D eigenvalue weighted by Crippen LogP contribution is -2.53.